The normalized spacial score (nSPS) is 10.7. The minimum absolute atomic E-state index is 0.0154. The number of benzene rings is 2. The number of carbonyl (C=O) groups is 2. The highest BCUT2D eigenvalue weighted by atomic mass is 16.1. The van der Waals surface area contributed by atoms with Gasteiger partial charge in [-0.25, -0.2) is 9.97 Å². The van der Waals surface area contributed by atoms with E-state index in [9.17, 15) is 9.59 Å². The molecule has 0 saturated carbocycles. The van der Waals surface area contributed by atoms with Crippen molar-refractivity contribution in [3.05, 3.63) is 96.6 Å². The largest absolute Gasteiger partial charge is 0.321 e. The molecule has 0 aliphatic heterocycles. The summed E-state index contributed by atoms with van der Waals surface area (Å²) in [4.78, 5) is 33.8. The summed E-state index contributed by atoms with van der Waals surface area (Å²) in [5.41, 5.74) is 1.29. The zero-order valence-corrected chi connectivity index (χ0v) is 15.1. The van der Waals surface area contributed by atoms with Gasteiger partial charge >= 0.3 is 0 Å². The van der Waals surface area contributed by atoms with Gasteiger partial charge in [-0.15, -0.1) is 0 Å². The van der Waals surface area contributed by atoms with Gasteiger partial charge in [-0.1, -0.05) is 60.7 Å². The maximum atomic E-state index is 12.6. The molecule has 0 aliphatic carbocycles. The summed E-state index contributed by atoms with van der Waals surface area (Å²) < 4.78 is 3.50. The summed E-state index contributed by atoms with van der Waals surface area (Å²) in [6.45, 7) is 0.303. The molecule has 0 radical (unpaired) electrons. The van der Waals surface area contributed by atoms with E-state index in [1.165, 1.54) is 0 Å². The van der Waals surface area contributed by atoms with Crippen molar-refractivity contribution in [1.82, 2.24) is 19.1 Å². The van der Waals surface area contributed by atoms with E-state index in [0.717, 1.165) is 0 Å². The van der Waals surface area contributed by atoms with E-state index in [2.05, 4.69) is 9.97 Å². The predicted octanol–water partition coefficient (Wildman–Crippen LogP) is 3.51. The second kappa shape index (κ2) is 7.84. The molecule has 0 fully saturated rings. The molecule has 138 valence electrons. The van der Waals surface area contributed by atoms with Gasteiger partial charge in [0.15, 0.2) is 23.2 Å². The van der Waals surface area contributed by atoms with Gasteiger partial charge in [0.1, 0.15) is 0 Å². The van der Waals surface area contributed by atoms with Gasteiger partial charge in [0, 0.05) is 35.9 Å². The third kappa shape index (κ3) is 3.66. The van der Waals surface area contributed by atoms with Crippen molar-refractivity contribution < 1.29 is 9.59 Å². The maximum Gasteiger partial charge on any atom is 0.182 e. The number of imidazole rings is 2. The first-order valence-electron chi connectivity index (χ1n) is 8.91. The molecular formula is C22H18N4O2. The Morgan fingerprint density at radius 3 is 1.43 bits per heavy atom. The fraction of sp³-hybridized carbons (Fsp3) is 0.0909. The zero-order chi connectivity index (χ0) is 19.3. The third-order valence-corrected chi connectivity index (χ3v) is 4.45. The first kappa shape index (κ1) is 17.6. The molecule has 2 aromatic heterocycles. The van der Waals surface area contributed by atoms with Crippen LogP contribution in [0.2, 0.25) is 0 Å². The Bertz CT molecular complexity index is 1010. The molecule has 0 aliphatic rings. The first-order chi connectivity index (χ1) is 13.7. The maximum absolute atomic E-state index is 12.6. The van der Waals surface area contributed by atoms with E-state index >= 15 is 0 Å². The summed E-state index contributed by atoms with van der Waals surface area (Å²) in [6.07, 6.45) is 6.75. The summed E-state index contributed by atoms with van der Waals surface area (Å²) in [6, 6.07) is 18.3. The average molecular weight is 370 g/mol. The molecule has 2 aromatic carbocycles. The fourth-order valence-corrected chi connectivity index (χ4v) is 3.03. The van der Waals surface area contributed by atoms with Gasteiger partial charge in [-0.2, -0.15) is 0 Å². The second-order valence-corrected chi connectivity index (χ2v) is 6.34. The quantitative estimate of drug-likeness (QED) is 0.467. The number of nitrogens with zero attached hydrogens (tertiary/aromatic N) is 4. The molecule has 6 nitrogen and oxygen atoms in total. The van der Waals surface area contributed by atoms with Crippen LogP contribution in [0.3, 0.4) is 0 Å². The van der Waals surface area contributed by atoms with E-state index < -0.39 is 0 Å². The van der Waals surface area contributed by atoms with Crippen LogP contribution in [0.25, 0.3) is 11.6 Å². The standard InChI is InChI=1S/C22H18N4O2/c27-19(17-7-3-1-4-8-17)15-25-13-11-23-21(25)22-24-12-14-26(22)16-20(28)18-9-5-2-6-10-18/h1-14H,15-16H2. The van der Waals surface area contributed by atoms with Gasteiger partial charge in [-0.05, 0) is 0 Å². The Hall–Kier alpha value is -3.80. The highest BCUT2D eigenvalue weighted by Crippen LogP contribution is 2.17. The lowest BCUT2D eigenvalue weighted by molar-refractivity contribution is 0.0962. The first-order valence-corrected chi connectivity index (χ1v) is 8.91. The summed E-state index contributed by atoms with van der Waals surface area (Å²) in [5.74, 6) is 1.07. The smallest absolute Gasteiger partial charge is 0.182 e. The summed E-state index contributed by atoms with van der Waals surface area (Å²) in [5, 5.41) is 0. The van der Waals surface area contributed by atoms with Crippen LogP contribution in [0.5, 0.6) is 0 Å². The monoisotopic (exact) mass is 370 g/mol. The minimum Gasteiger partial charge on any atom is -0.321 e. The Labute approximate surface area is 162 Å². The highest BCUT2D eigenvalue weighted by Gasteiger charge is 2.17. The van der Waals surface area contributed by atoms with Crippen LogP contribution in [0.4, 0.5) is 0 Å². The molecule has 0 N–H and O–H groups in total. The van der Waals surface area contributed by atoms with E-state index in [1.54, 1.807) is 58.2 Å². The molecule has 0 amide bonds. The molecule has 6 heteroatoms. The van der Waals surface area contributed by atoms with Crippen molar-refractivity contribution in [3.63, 3.8) is 0 Å². The van der Waals surface area contributed by atoms with Crippen molar-refractivity contribution in [2.45, 2.75) is 13.1 Å². The molecule has 0 saturated heterocycles. The van der Waals surface area contributed by atoms with Crippen molar-refractivity contribution in [1.29, 1.82) is 0 Å². The Morgan fingerprint density at radius 1 is 0.643 bits per heavy atom. The molecule has 0 bridgehead atoms. The van der Waals surface area contributed by atoms with Crippen molar-refractivity contribution in [3.8, 4) is 11.6 Å². The minimum atomic E-state index is -0.0154. The number of rotatable bonds is 7. The van der Waals surface area contributed by atoms with Gasteiger partial charge < -0.3 is 9.13 Å². The van der Waals surface area contributed by atoms with Crippen molar-refractivity contribution in [2.75, 3.05) is 0 Å². The van der Waals surface area contributed by atoms with Crippen LogP contribution in [0, 0.1) is 0 Å². The van der Waals surface area contributed by atoms with Crippen LogP contribution >= 0.6 is 0 Å². The zero-order valence-electron chi connectivity index (χ0n) is 15.1. The highest BCUT2D eigenvalue weighted by molar-refractivity contribution is 5.96. The Morgan fingerprint density at radius 2 is 1.04 bits per heavy atom. The summed E-state index contributed by atoms with van der Waals surface area (Å²) >= 11 is 0. The number of aromatic nitrogens is 4. The molecule has 28 heavy (non-hydrogen) atoms. The van der Waals surface area contributed by atoms with Crippen molar-refractivity contribution >= 4 is 11.6 Å². The van der Waals surface area contributed by atoms with Crippen LogP contribution in [0.15, 0.2) is 85.5 Å². The Kier molecular flexibility index (Phi) is 4.93. The van der Waals surface area contributed by atoms with Crippen molar-refractivity contribution in [2.24, 2.45) is 0 Å². The molecule has 4 aromatic rings. The summed E-state index contributed by atoms with van der Waals surface area (Å²) in [7, 11) is 0. The fourth-order valence-electron chi connectivity index (χ4n) is 3.03. The molecule has 4 rings (SSSR count). The Balaban J connectivity index is 1.57. The van der Waals surface area contributed by atoms with Crippen LogP contribution < -0.4 is 0 Å². The van der Waals surface area contributed by atoms with E-state index in [4.69, 9.17) is 0 Å². The number of Topliss-reactive ketones (excluding diaryl/α,β-unsaturated/α-hetero) is 2. The van der Waals surface area contributed by atoms with Gasteiger partial charge in [0.25, 0.3) is 0 Å². The SMILES string of the molecule is O=C(Cn1ccnc1-c1nccn1CC(=O)c1ccccc1)c1ccccc1. The van der Waals surface area contributed by atoms with Crippen LogP contribution in [0.1, 0.15) is 20.7 Å². The van der Waals surface area contributed by atoms with E-state index in [0.29, 0.717) is 22.8 Å². The van der Waals surface area contributed by atoms with Crippen LogP contribution in [-0.4, -0.2) is 30.7 Å². The van der Waals surface area contributed by atoms with Gasteiger partial charge in [0.05, 0.1) is 13.1 Å². The molecule has 0 atom stereocenters. The molecule has 0 unspecified atom stereocenters. The lowest BCUT2D eigenvalue weighted by atomic mass is 10.1. The number of hydrogen-bond acceptors (Lipinski definition) is 4. The third-order valence-electron chi connectivity index (χ3n) is 4.45. The lowest BCUT2D eigenvalue weighted by Crippen LogP contribution is -2.15. The molecule has 0 spiro atoms. The predicted molar refractivity (Wildman–Crippen MR) is 105 cm³/mol. The average Bonchev–Trinajstić information content (AvgIpc) is 3.38. The molecular weight excluding hydrogens is 352 g/mol. The van der Waals surface area contributed by atoms with Gasteiger partial charge in [-0.3, -0.25) is 9.59 Å². The lowest BCUT2D eigenvalue weighted by Gasteiger charge is -2.10. The number of hydrogen-bond donors (Lipinski definition) is 0. The number of ketones is 2. The van der Waals surface area contributed by atoms with Crippen LogP contribution in [-0.2, 0) is 13.1 Å². The van der Waals surface area contributed by atoms with E-state index in [1.807, 2.05) is 36.4 Å². The topological polar surface area (TPSA) is 69.8 Å². The second-order valence-electron chi connectivity index (χ2n) is 6.34. The van der Waals surface area contributed by atoms with E-state index in [-0.39, 0.29) is 24.7 Å². The number of carbonyl (C=O) groups excluding carboxylic acids is 2. The molecule has 2 heterocycles. The van der Waals surface area contributed by atoms with Gasteiger partial charge in [0.2, 0.25) is 0 Å².